The smallest absolute Gasteiger partial charge is 0.120 e. The SMILES string of the molecule is CC(C)Oc1cccc(CNCCCNC2CC2)c1. The van der Waals surface area contributed by atoms with Gasteiger partial charge < -0.3 is 15.4 Å². The van der Waals surface area contributed by atoms with Crippen molar-refractivity contribution in [1.82, 2.24) is 10.6 Å². The summed E-state index contributed by atoms with van der Waals surface area (Å²) in [7, 11) is 0. The maximum Gasteiger partial charge on any atom is 0.120 e. The highest BCUT2D eigenvalue weighted by molar-refractivity contribution is 5.28. The second kappa shape index (κ2) is 7.51. The molecule has 1 aliphatic carbocycles. The lowest BCUT2D eigenvalue weighted by Crippen LogP contribution is -2.23. The quantitative estimate of drug-likeness (QED) is 0.671. The van der Waals surface area contributed by atoms with E-state index in [1.165, 1.54) is 24.8 Å². The first-order chi connectivity index (χ1) is 9.24. The molecule has 0 bridgehead atoms. The van der Waals surface area contributed by atoms with Gasteiger partial charge in [0, 0.05) is 12.6 Å². The maximum absolute atomic E-state index is 5.70. The second-order valence-electron chi connectivity index (χ2n) is 5.57. The molecule has 0 atom stereocenters. The van der Waals surface area contributed by atoms with Crippen molar-refractivity contribution in [3.63, 3.8) is 0 Å². The van der Waals surface area contributed by atoms with Gasteiger partial charge in [0.25, 0.3) is 0 Å². The minimum absolute atomic E-state index is 0.233. The van der Waals surface area contributed by atoms with Gasteiger partial charge in [-0.05, 0) is 63.9 Å². The molecule has 0 saturated heterocycles. The molecule has 0 spiro atoms. The van der Waals surface area contributed by atoms with Crippen molar-refractivity contribution in [2.24, 2.45) is 0 Å². The molecule has 0 amide bonds. The van der Waals surface area contributed by atoms with E-state index >= 15 is 0 Å². The van der Waals surface area contributed by atoms with Gasteiger partial charge in [-0.2, -0.15) is 0 Å². The average Bonchev–Trinajstić information content (AvgIpc) is 3.17. The van der Waals surface area contributed by atoms with Crippen LogP contribution in [0.25, 0.3) is 0 Å². The lowest BCUT2D eigenvalue weighted by Gasteiger charge is -2.11. The summed E-state index contributed by atoms with van der Waals surface area (Å²) >= 11 is 0. The van der Waals surface area contributed by atoms with E-state index in [1.807, 2.05) is 6.07 Å². The Hall–Kier alpha value is -1.06. The Kier molecular flexibility index (Phi) is 5.67. The highest BCUT2D eigenvalue weighted by atomic mass is 16.5. The van der Waals surface area contributed by atoms with Crippen LogP contribution in [0.15, 0.2) is 24.3 Å². The zero-order chi connectivity index (χ0) is 13.5. The summed E-state index contributed by atoms with van der Waals surface area (Å²) in [6, 6.07) is 9.16. The molecule has 0 unspecified atom stereocenters. The number of hydrogen-bond donors (Lipinski definition) is 2. The number of benzene rings is 1. The van der Waals surface area contributed by atoms with Crippen LogP contribution >= 0.6 is 0 Å². The number of hydrogen-bond acceptors (Lipinski definition) is 3. The predicted octanol–water partition coefficient (Wildman–Crippen LogP) is 2.71. The van der Waals surface area contributed by atoms with Gasteiger partial charge in [0.1, 0.15) is 5.75 Å². The van der Waals surface area contributed by atoms with Crippen molar-refractivity contribution in [2.45, 2.75) is 51.8 Å². The fourth-order valence-electron chi connectivity index (χ4n) is 2.04. The van der Waals surface area contributed by atoms with Gasteiger partial charge >= 0.3 is 0 Å². The van der Waals surface area contributed by atoms with Crippen LogP contribution in [0.5, 0.6) is 5.75 Å². The van der Waals surface area contributed by atoms with Crippen molar-refractivity contribution < 1.29 is 4.74 Å². The maximum atomic E-state index is 5.70. The first kappa shape index (κ1) is 14.4. The summed E-state index contributed by atoms with van der Waals surface area (Å²) in [4.78, 5) is 0. The molecule has 2 rings (SSSR count). The van der Waals surface area contributed by atoms with E-state index < -0.39 is 0 Å². The molecule has 0 aromatic heterocycles. The van der Waals surface area contributed by atoms with Gasteiger partial charge in [0.15, 0.2) is 0 Å². The Balaban J connectivity index is 1.61. The third-order valence-corrected chi connectivity index (χ3v) is 3.14. The fourth-order valence-corrected chi connectivity index (χ4v) is 2.04. The highest BCUT2D eigenvalue weighted by Gasteiger charge is 2.19. The first-order valence-electron chi connectivity index (χ1n) is 7.44. The van der Waals surface area contributed by atoms with Crippen LogP contribution in [0.3, 0.4) is 0 Å². The molecule has 0 heterocycles. The second-order valence-corrected chi connectivity index (χ2v) is 5.57. The summed E-state index contributed by atoms with van der Waals surface area (Å²) in [6.45, 7) is 7.22. The Morgan fingerprint density at radius 2 is 2.11 bits per heavy atom. The van der Waals surface area contributed by atoms with Crippen molar-refractivity contribution in [3.8, 4) is 5.75 Å². The molecule has 19 heavy (non-hydrogen) atoms. The summed E-state index contributed by atoms with van der Waals surface area (Å²) in [6.07, 6.45) is 4.17. The third-order valence-electron chi connectivity index (χ3n) is 3.14. The Bertz CT molecular complexity index is 375. The van der Waals surface area contributed by atoms with Crippen molar-refractivity contribution in [3.05, 3.63) is 29.8 Å². The van der Waals surface area contributed by atoms with E-state index in [0.29, 0.717) is 0 Å². The summed E-state index contributed by atoms with van der Waals surface area (Å²) in [5.74, 6) is 0.963. The van der Waals surface area contributed by atoms with Crippen molar-refractivity contribution >= 4 is 0 Å². The minimum atomic E-state index is 0.233. The molecule has 1 aliphatic rings. The van der Waals surface area contributed by atoms with Gasteiger partial charge in [-0.15, -0.1) is 0 Å². The Morgan fingerprint density at radius 3 is 2.84 bits per heavy atom. The molecule has 106 valence electrons. The topological polar surface area (TPSA) is 33.3 Å². The summed E-state index contributed by atoms with van der Waals surface area (Å²) < 4.78 is 5.70. The minimum Gasteiger partial charge on any atom is -0.491 e. The Morgan fingerprint density at radius 1 is 1.26 bits per heavy atom. The highest BCUT2D eigenvalue weighted by Crippen LogP contribution is 2.18. The first-order valence-corrected chi connectivity index (χ1v) is 7.44. The van der Waals surface area contributed by atoms with Crippen LogP contribution in [0, 0.1) is 0 Å². The normalized spacial score (nSPS) is 14.9. The zero-order valence-corrected chi connectivity index (χ0v) is 12.1. The molecule has 1 aromatic carbocycles. The molecular formula is C16H26N2O. The summed E-state index contributed by atoms with van der Waals surface area (Å²) in [5, 5.41) is 7.01. The van der Waals surface area contributed by atoms with Crippen LogP contribution < -0.4 is 15.4 Å². The lowest BCUT2D eigenvalue weighted by molar-refractivity contribution is 0.242. The Labute approximate surface area is 116 Å². The molecule has 3 heteroatoms. The zero-order valence-electron chi connectivity index (χ0n) is 12.1. The number of ether oxygens (including phenoxy) is 1. The van der Waals surface area contributed by atoms with Crippen molar-refractivity contribution in [1.29, 1.82) is 0 Å². The third kappa shape index (κ3) is 6.08. The largest absolute Gasteiger partial charge is 0.491 e. The van der Waals surface area contributed by atoms with Gasteiger partial charge in [-0.3, -0.25) is 0 Å². The molecule has 3 nitrogen and oxygen atoms in total. The molecule has 2 N–H and O–H groups in total. The molecule has 1 saturated carbocycles. The van der Waals surface area contributed by atoms with E-state index in [1.54, 1.807) is 0 Å². The lowest BCUT2D eigenvalue weighted by atomic mass is 10.2. The number of rotatable bonds is 9. The van der Waals surface area contributed by atoms with Crippen LogP contribution in [-0.2, 0) is 6.54 Å². The van der Waals surface area contributed by atoms with Crippen LogP contribution in [0.4, 0.5) is 0 Å². The van der Waals surface area contributed by atoms with Gasteiger partial charge in [0.2, 0.25) is 0 Å². The van der Waals surface area contributed by atoms with Crippen LogP contribution in [0.1, 0.15) is 38.7 Å². The number of nitrogens with one attached hydrogen (secondary N) is 2. The predicted molar refractivity (Wildman–Crippen MR) is 79.6 cm³/mol. The standard InChI is InChI=1S/C16H26N2O/c1-13(2)19-16-6-3-5-14(11-16)12-17-9-4-10-18-15-7-8-15/h3,5-6,11,13,15,17-18H,4,7-10,12H2,1-2H3. The average molecular weight is 262 g/mol. The molecule has 0 aliphatic heterocycles. The van der Waals surface area contributed by atoms with E-state index in [4.69, 9.17) is 4.74 Å². The van der Waals surface area contributed by atoms with E-state index in [0.717, 1.165) is 31.4 Å². The molecule has 0 radical (unpaired) electrons. The monoisotopic (exact) mass is 262 g/mol. The fraction of sp³-hybridized carbons (Fsp3) is 0.625. The van der Waals surface area contributed by atoms with Gasteiger partial charge in [-0.1, -0.05) is 12.1 Å². The van der Waals surface area contributed by atoms with E-state index in [-0.39, 0.29) is 6.10 Å². The van der Waals surface area contributed by atoms with E-state index in [2.05, 4.69) is 42.7 Å². The van der Waals surface area contributed by atoms with Gasteiger partial charge in [0.05, 0.1) is 6.10 Å². The van der Waals surface area contributed by atoms with Gasteiger partial charge in [-0.25, -0.2) is 0 Å². The van der Waals surface area contributed by atoms with Crippen LogP contribution in [-0.4, -0.2) is 25.2 Å². The van der Waals surface area contributed by atoms with E-state index in [9.17, 15) is 0 Å². The van der Waals surface area contributed by atoms with Crippen molar-refractivity contribution in [2.75, 3.05) is 13.1 Å². The molecule has 1 aromatic rings. The van der Waals surface area contributed by atoms with Crippen LogP contribution in [0.2, 0.25) is 0 Å². The molecular weight excluding hydrogens is 236 g/mol. The molecule has 1 fully saturated rings. The summed E-state index contributed by atoms with van der Waals surface area (Å²) in [5.41, 5.74) is 1.29.